The maximum Gasteiger partial charge on any atom is 0.416 e. The van der Waals surface area contributed by atoms with E-state index in [1.165, 1.54) is 12.1 Å². The lowest BCUT2D eigenvalue weighted by molar-refractivity contribution is -0.137. The van der Waals surface area contributed by atoms with Crippen molar-refractivity contribution in [1.29, 1.82) is 0 Å². The molecule has 144 valence electrons. The summed E-state index contributed by atoms with van der Waals surface area (Å²) < 4.78 is 40.2. The second kappa shape index (κ2) is 6.87. The van der Waals surface area contributed by atoms with Gasteiger partial charge in [-0.05, 0) is 42.8 Å². The first-order valence-corrected chi connectivity index (χ1v) is 9.17. The molecule has 0 fully saturated rings. The number of rotatable bonds is 2. The van der Waals surface area contributed by atoms with E-state index in [1.807, 2.05) is 19.1 Å². The molecule has 0 atom stereocenters. The van der Waals surface area contributed by atoms with Gasteiger partial charge in [-0.1, -0.05) is 41.4 Å². The minimum atomic E-state index is -4.36. The first-order valence-electron chi connectivity index (χ1n) is 8.41. The van der Waals surface area contributed by atoms with Crippen molar-refractivity contribution in [3.05, 3.63) is 75.4 Å². The second-order valence-corrected chi connectivity index (χ2v) is 7.28. The monoisotopic (exact) mass is 423 g/mol. The zero-order valence-electron chi connectivity index (χ0n) is 14.6. The first kappa shape index (κ1) is 18.9. The maximum absolute atomic E-state index is 12.8. The average molecular weight is 424 g/mol. The SMILES string of the molecule is Cc1nn2c(c1-c1ccc(Cl)cc1Cl)NC(c1ccc(C(F)(F)F)cc1)=CC2. The fourth-order valence-electron chi connectivity index (χ4n) is 3.24. The van der Waals surface area contributed by atoms with Crippen molar-refractivity contribution in [3.63, 3.8) is 0 Å². The summed E-state index contributed by atoms with van der Waals surface area (Å²) in [6, 6.07) is 10.3. The Hall–Kier alpha value is -2.44. The Kier molecular flexibility index (Phi) is 4.63. The number of halogens is 5. The van der Waals surface area contributed by atoms with E-state index in [0.717, 1.165) is 34.8 Å². The number of nitrogens with one attached hydrogen (secondary N) is 1. The van der Waals surface area contributed by atoms with E-state index < -0.39 is 11.7 Å². The molecular formula is C20H14Cl2F3N3. The summed E-state index contributed by atoms with van der Waals surface area (Å²) in [6.07, 6.45) is -2.48. The molecule has 0 saturated heterocycles. The van der Waals surface area contributed by atoms with Crippen LogP contribution in [0.15, 0.2) is 48.5 Å². The summed E-state index contributed by atoms with van der Waals surface area (Å²) in [5.41, 5.74) is 3.10. The highest BCUT2D eigenvalue weighted by Gasteiger charge is 2.30. The quantitative estimate of drug-likeness (QED) is 0.499. The van der Waals surface area contributed by atoms with Crippen LogP contribution in [0.1, 0.15) is 16.8 Å². The molecule has 0 spiro atoms. The van der Waals surface area contributed by atoms with E-state index in [1.54, 1.807) is 16.8 Å². The van der Waals surface area contributed by atoms with Crippen molar-refractivity contribution in [2.45, 2.75) is 19.6 Å². The van der Waals surface area contributed by atoms with Crippen LogP contribution in [0.2, 0.25) is 10.0 Å². The van der Waals surface area contributed by atoms with Gasteiger partial charge in [-0.3, -0.25) is 0 Å². The van der Waals surface area contributed by atoms with Gasteiger partial charge in [0.2, 0.25) is 0 Å². The van der Waals surface area contributed by atoms with Crippen LogP contribution in [0, 0.1) is 6.92 Å². The van der Waals surface area contributed by atoms with Gasteiger partial charge in [-0.15, -0.1) is 0 Å². The number of hydrogen-bond donors (Lipinski definition) is 1. The van der Waals surface area contributed by atoms with Crippen LogP contribution in [-0.4, -0.2) is 9.78 Å². The molecule has 1 aliphatic heterocycles. The summed E-state index contributed by atoms with van der Waals surface area (Å²) in [6.45, 7) is 2.37. The minimum Gasteiger partial charge on any atom is -0.340 e. The fourth-order valence-corrected chi connectivity index (χ4v) is 3.74. The van der Waals surface area contributed by atoms with Gasteiger partial charge >= 0.3 is 6.18 Å². The molecule has 2 heterocycles. The molecule has 28 heavy (non-hydrogen) atoms. The Balaban J connectivity index is 1.71. The highest BCUT2D eigenvalue weighted by Crippen LogP contribution is 2.40. The smallest absolute Gasteiger partial charge is 0.340 e. The molecule has 3 aromatic rings. The number of aryl methyl sites for hydroxylation is 1. The molecule has 0 aliphatic carbocycles. The van der Waals surface area contributed by atoms with E-state index in [9.17, 15) is 13.2 Å². The minimum absolute atomic E-state index is 0.491. The molecule has 1 N–H and O–H groups in total. The summed E-state index contributed by atoms with van der Waals surface area (Å²) in [7, 11) is 0. The predicted molar refractivity (Wildman–Crippen MR) is 105 cm³/mol. The Bertz CT molecular complexity index is 1080. The van der Waals surface area contributed by atoms with Gasteiger partial charge in [0.05, 0.1) is 22.8 Å². The van der Waals surface area contributed by atoms with Crippen LogP contribution >= 0.6 is 23.2 Å². The van der Waals surface area contributed by atoms with E-state index in [4.69, 9.17) is 23.2 Å². The molecule has 0 bridgehead atoms. The van der Waals surface area contributed by atoms with Crippen molar-refractivity contribution in [1.82, 2.24) is 9.78 Å². The molecule has 0 saturated carbocycles. The predicted octanol–water partition coefficient (Wildman–Crippen LogP) is 6.65. The van der Waals surface area contributed by atoms with Crippen LogP contribution in [0.5, 0.6) is 0 Å². The van der Waals surface area contributed by atoms with Crippen molar-refractivity contribution < 1.29 is 13.2 Å². The van der Waals surface area contributed by atoms with Gasteiger partial charge in [-0.2, -0.15) is 18.3 Å². The van der Waals surface area contributed by atoms with Crippen molar-refractivity contribution >= 4 is 34.7 Å². The zero-order valence-corrected chi connectivity index (χ0v) is 16.1. The number of alkyl halides is 3. The van der Waals surface area contributed by atoms with Gasteiger partial charge in [0.15, 0.2) is 0 Å². The van der Waals surface area contributed by atoms with Gasteiger partial charge in [0, 0.05) is 21.8 Å². The number of nitrogens with zero attached hydrogens (tertiary/aromatic N) is 2. The molecule has 1 aromatic heterocycles. The van der Waals surface area contributed by atoms with Crippen molar-refractivity contribution in [2.75, 3.05) is 5.32 Å². The third-order valence-corrected chi connectivity index (χ3v) is 5.12. The van der Waals surface area contributed by atoms with Crippen LogP contribution in [0.25, 0.3) is 16.8 Å². The lowest BCUT2D eigenvalue weighted by Gasteiger charge is -2.20. The third kappa shape index (κ3) is 3.38. The van der Waals surface area contributed by atoms with Crippen LogP contribution < -0.4 is 5.32 Å². The van der Waals surface area contributed by atoms with Gasteiger partial charge < -0.3 is 5.32 Å². The normalized spacial score (nSPS) is 13.7. The van der Waals surface area contributed by atoms with Crippen molar-refractivity contribution in [2.24, 2.45) is 0 Å². The number of hydrogen-bond acceptors (Lipinski definition) is 2. The van der Waals surface area contributed by atoms with E-state index >= 15 is 0 Å². The largest absolute Gasteiger partial charge is 0.416 e. The summed E-state index contributed by atoms with van der Waals surface area (Å²) in [5, 5.41) is 8.86. The van der Waals surface area contributed by atoms with Gasteiger partial charge in [0.25, 0.3) is 0 Å². The summed E-state index contributed by atoms with van der Waals surface area (Å²) in [4.78, 5) is 0. The fraction of sp³-hybridized carbons (Fsp3) is 0.150. The number of fused-ring (bicyclic) bond motifs is 1. The summed E-state index contributed by atoms with van der Waals surface area (Å²) in [5.74, 6) is 0.735. The molecule has 0 amide bonds. The first-order chi connectivity index (χ1) is 13.2. The Labute approximate surface area is 169 Å². The van der Waals surface area contributed by atoms with Gasteiger partial charge in [-0.25, -0.2) is 4.68 Å². The van der Waals surface area contributed by atoms with E-state index in [2.05, 4.69) is 10.4 Å². The lowest BCUT2D eigenvalue weighted by atomic mass is 10.0. The second-order valence-electron chi connectivity index (χ2n) is 6.43. The number of anilines is 1. The van der Waals surface area contributed by atoms with Gasteiger partial charge in [0.1, 0.15) is 5.82 Å². The number of benzene rings is 2. The van der Waals surface area contributed by atoms with Crippen LogP contribution in [0.3, 0.4) is 0 Å². The van der Waals surface area contributed by atoms with Crippen molar-refractivity contribution in [3.8, 4) is 11.1 Å². The van der Waals surface area contributed by atoms with E-state index in [0.29, 0.717) is 27.9 Å². The number of aromatic nitrogens is 2. The zero-order chi connectivity index (χ0) is 20.1. The highest BCUT2D eigenvalue weighted by molar-refractivity contribution is 6.36. The Morgan fingerprint density at radius 1 is 1.07 bits per heavy atom. The molecule has 3 nitrogen and oxygen atoms in total. The standard InChI is InChI=1S/C20H14Cl2F3N3/c1-11-18(15-7-6-14(21)10-16(15)22)19-26-17(8-9-28(19)27-11)12-2-4-13(5-3-12)20(23,24)25/h2-8,10,26H,9H2,1H3. The number of allylic oxidation sites excluding steroid dienone is 1. The Morgan fingerprint density at radius 3 is 2.43 bits per heavy atom. The third-order valence-electron chi connectivity index (χ3n) is 4.57. The molecular weight excluding hydrogens is 410 g/mol. The Morgan fingerprint density at radius 2 is 1.79 bits per heavy atom. The van der Waals surface area contributed by atoms with E-state index in [-0.39, 0.29) is 0 Å². The molecule has 4 rings (SSSR count). The summed E-state index contributed by atoms with van der Waals surface area (Å²) >= 11 is 12.4. The molecule has 2 aromatic carbocycles. The molecule has 0 radical (unpaired) electrons. The van der Waals surface area contributed by atoms with Crippen LogP contribution in [0.4, 0.5) is 19.0 Å². The topological polar surface area (TPSA) is 29.9 Å². The molecule has 8 heteroatoms. The molecule has 1 aliphatic rings. The molecule has 0 unspecified atom stereocenters. The average Bonchev–Trinajstić information content (AvgIpc) is 2.96. The lowest BCUT2D eigenvalue weighted by Crippen LogP contribution is -2.14. The van der Waals surface area contributed by atoms with Crippen LogP contribution in [-0.2, 0) is 12.7 Å². The maximum atomic E-state index is 12.8. The highest BCUT2D eigenvalue weighted by atomic mass is 35.5.